The quantitative estimate of drug-likeness (QED) is 0.558. The predicted octanol–water partition coefficient (Wildman–Crippen LogP) is 3.28. The molecule has 0 radical (unpaired) electrons. The van der Waals surface area contributed by atoms with Gasteiger partial charge in [0.25, 0.3) is 0 Å². The summed E-state index contributed by atoms with van der Waals surface area (Å²) in [6.07, 6.45) is 5.48. The summed E-state index contributed by atoms with van der Waals surface area (Å²) < 4.78 is 10.8. The van der Waals surface area contributed by atoms with Crippen LogP contribution < -0.4 is 0 Å². The lowest BCUT2D eigenvalue weighted by Gasteiger charge is -2.47. The lowest BCUT2D eigenvalue weighted by molar-refractivity contribution is -0.158. The van der Waals surface area contributed by atoms with Crippen LogP contribution in [0, 0.1) is 22.2 Å². The van der Waals surface area contributed by atoms with E-state index in [0.29, 0.717) is 5.92 Å². The van der Waals surface area contributed by atoms with Gasteiger partial charge in [0.2, 0.25) is 0 Å². The maximum absolute atomic E-state index is 11.5. The first-order valence-corrected chi connectivity index (χ1v) is 7.81. The Labute approximate surface area is 132 Å². The fourth-order valence-electron chi connectivity index (χ4n) is 4.61. The molecule has 2 atom stereocenters. The fraction of sp³-hybridized carbons (Fsp3) is 0.667. The highest BCUT2D eigenvalue weighted by molar-refractivity contribution is 5.81. The Kier molecular flexibility index (Phi) is 4.24. The van der Waals surface area contributed by atoms with Crippen molar-refractivity contribution in [1.29, 1.82) is 0 Å². The summed E-state index contributed by atoms with van der Waals surface area (Å²) in [5, 5.41) is 0. The van der Waals surface area contributed by atoms with Gasteiger partial charge in [-0.05, 0) is 36.0 Å². The average molecular weight is 306 g/mol. The summed E-state index contributed by atoms with van der Waals surface area (Å²) in [7, 11) is 0. The van der Waals surface area contributed by atoms with E-state index in [1.807, 2.05) is 0 Å². The van der Waals surface area contributed by atoms with E-state index in [1.165, 1.54) is 18.6 Å². The minimum absolute atomic E-state index is 0.0342. The average Bonchev–Trinajstić information content (AvgIpc) is 2.82. The molecule has 0 N–H and O–H groups in total. The molecule has 0 aromatic rings. The highest BCUT2D eigenvalue weighted by atomic mass is 16.5. The number of fused-ring (bicyclic) bond motifs is 2. The molecule has 0 spiro atoms. The molecule has 0 heterocycles. The Bertz CT molecular complexity index is 481. The second-order valence-corrected chi connectivity index (χ2v) is 7.40. The van der Waals surface area contributed by atoms with E-state index >= 15 is 0 Å². The van der Waals surface area contributed by atoms with E-state index in [2.05, 4.69) is 33.9 Å². The molecule has 0 amide bonds. The Balaban J connectivity index is 2.27. The van der Waals surface area contributed by atoms with Gasteiger partial charge in [0.1, 0.15) is 13.2 Å². The standard InChI is InChI=1S/C18H26O4/c1-6-14(19)21-11-18(12-22-15(20)7-2)10-13-8-9-17(18,5)16(13,3)4/h6-7,13H,1-2,8-12H2,3-5H3. The van der Waals surface area contributed by atoms with Gasteiger partial charge in [-0.2, -0.15) is 0 Å². The van der Waals surface area contributed by atoms with Crippen molar-refractivity contribution < 1.29 is 19.1 Å². The monoisotopic (exact) mass is 306 g/mol. The minimum Gasteiger partial charge on any atom is -0.462 e. The number of carbonyl (C=O) groups excluding carboxylic acids is 2. The first-order chi connectivity index (χ1) is 10.2. The first kappa shape index (κ1) is 16.8. The molecule has 0 aromatic heterocycles. The number of rotatable bonds is 6. The number of esters is 2. The van der Waals surface area contributed by atoms with Gasteiger partial charge in [-0.15, -0.1) is 0 Å². The summed E-state index contributed by atoms with van der Waals surface area (Å²) in [4.78, 5) is 23.0. The molecule has 2 aliphatic carbocycles. The van der Waals surface area contributed by atoms with Crippen LogP contribution in [0.4, 0.5) is 0 Å². The highest BCUT2D eigenvalue weighted by Crippen LogP contribution is 2.73. The number of ether oxygens (including phenoxy) is 2. The second-order valence-electron chi connectivity index (χ2n) is 7.40. The lowest BCUT2D eigenvalue weighted by Crippen LogP contribution is -2.48. The van der Waals surface area contributed by atoms with Crippen molar-refractivity contribution >= 4 is 11.9 Å². The van der Waals surface area contributed by atoms with Gasteiger partial charge in [0, 0.05) is 17.6 Å². The van der Waals surface area contributed by atoms with Crippen molar-refractivity contribution in [1.82, 2.24) is 0 Å². The molecule has 4 nitrogen and oxygen atoms in total. The van der Waals surface area contributed by atoms with Crippen LogP contribution in [0.15, 0.2) is 25.3 Å². The van der Waals surface area contributed by atoms with Crippen molar-refractivity contribution in [2.24, 2.45) is 22.2 Å². The van der Waals surface area contributed by atoms with Crippen LogP contribution in [0.2, 0.25) is 0 Å². The molecule has 2 fully saturated rings. The van der Waals surface area contributed by atoms with Crippen LogP contribution in [-0.2, 0) is 19.1 Å². The maximum Gasteiger partial charge on any atom is 0.330 e. The molecule has 0 aromatic carbocycles. The third-order valence-electron chi connectivity index (χ3n) is 6.56. The van der Waals surface area contributed by atoms with Gasteiger partial charge in [-0.25, -0.2) is 9.59 Å². The summed E-state index contributed by atoms with van der Waals surface area (Å²) >= 11 is 0. The smallest absolute Gasteiger partial charge is 0.330 e. The summed E-state index contributed by atoms with van der Waals surface area (Å²) in [5.41, 5.74) is -0.238. The van der Waals surface area contributed by atoms with E-state index < -0.39 is 11.9 Å². The number of hydrogen-bond donors (Lipinski definition) is 0. The Morgan fingerprint density at radius 1 is 1.09 bits per heavy atom. The normalized spacial score (nSPS) is 30.6. The fourth-order valence-corrected chi connectivity index (χ4v) is 4.61. The summed E-state index contributed by atoms with van der Waals surface area (Å²) in [6.45, 7) is 14.2. The largest absolute Gasteiger partial charge is 0.462 e. The van der Waals surface area contributed by atoms with Gasteiger partial charge >= 0.3 is 11.9 Å². The van der Waals surface area contributed by atoms with Gasteiger partial charge < -0.3 is 9.47 Å². The minimum atomic E-state index is -0.432. The molecular weight excluding hydrogens is 280 g/mol. The zero-order chi connectivity index (χ0) is 16.6. The van der Waals surface area contributed by atoms with Crippen LogP contribution in [0.3, 0.4) is 0 Å². The molecule has 0 saturated heterocycles. The van der Waals surface area contributed by atoms with Crippen molar-refractivity contribution in [3.05, 3.63) is 25.3 Å². The molecular formula is C18H26O4. The molecule has 22 heavy (non-hydrogen) atoms. The van der Waals surface area contributed by atoms with Crippen molar-refractivity contribution in [3.8, 4) is 0 Å². The second kappa shape index (κ2) is 5.56. The summed E-state index contributed by atoms with van der Waals surface area (Å²) in [5.74, 6) is -0.306. The predicted molar refractivity (Wildman–Crippen MR) is 84.0 cm³/mol. The highest BCUT2D eigenvalue weighted by Gasteiger charge is 2.69. The van der Waals surface area contributed by atoms with Crippen LogP contribution in [0.25, 0.3) is 0 Å². The van der Waals surface area contributed by atoms with E-state index in [4.69, 9.17) is 9.47 Å². The topological polar surface area (TPSA) is 52.6 Å². The zero-order valence-electron chi connectivity index (χ0n) is 13.8. The van der Waals surface area contributed by atoms with Crippen LogP contribution in [-0.4, -0.2) is 25.2 Å². The van der Waals surface area contributed by atoms with Crippen molar-refractivity contribution in [3.63, 3.8) is 0 Å². The third-order valence-corrected chi connectivity index (χ3v) is 6.56. The molecule has 0 aliphatic heterocycles. The van der Waals surface area contributed by atoms with Crippen molar-refractivity contribution in [2.75, 3.05) is 13.2 Å². The maximum atomic E-state index is 11.5. The number of hydrogen-bond acceptors (Lipinski definition) is 4. The molecule has 2 unspecified atom stereocenters. The number of carbonyl (C=O) groups is 2. The summed E-state index contributed by atoms with van der Waals surface area (Å²) in [6, 6.07) is 0. The van der Waals surface area contributed by atoms with E-state index in [9.17, 15) is 9.59 Å². The molecule has 2 saturated carbocycles. The SMILES string of the molecule is C=CC(=O)OCC1(COC(=O)C=C)CC2CCC1(C)C2(C)C. The first-order valence-electron chi connectivity index (χ1n) is 7.81. The van der Waals surface area contributed by atoms with E-state index in [0.717, 1.165) is 12.8 Å². The van der Waals surface area contributed by atoms with Gasteiger partial charge in [-0.3, -0.25) is 0 Å². The van der Waals surface area contributed by atoms with Gasteiger partial charge in [-0.1, -0.05) is 33.9 Å². The van der Waals surface area contributed by atoms with Crippen LogP contribution in [0.1, 0.15) is 40.0 Å². The Hall–Kier alpha value is -1.58. The zero-order valence-corrected chi connectivity index (χ0v) is 13.8. The third kappa shape index (κ3) is 2.29. The Morgan fingerprint density at radius 3 is 1.91 bits per heavy atom. The molecule has 122 valence electrons. The van der Waals surface area contributed by atoms with Gasteiger partial charge in [0.15, 0.2) is 0 Å². The molecule has 2 rings (SSSR count). The van der Waals surface area contributed by atoms with E-state index in [-0.39, 0.29) is 29.5 Å². The van der Waals surface area contributed by atoms with Gasteiger partial charge in [0.05, 0.1) is 0 Å². The lowest BCUT2D eigenvalue weighted by atomic mass is 9.59. The van der Waals surface area contributed by atoms with E-state index in [1.54, 1.807) is 0 Å². The Morgan fingerprint density at radius 2 is 1.59 bits per heavy atom. The molecule has 4 heteroatoms. The molecule has 2 bridgehead atoms. The molecule has 2 aliphatic rings. The van der Waals surface area contributed by atoms with Crippen molar-refractivity contribution in [2.45, 2.75) is 40.0 Å². The van der Waals surface area contributed by atoms with Crippen LogP contribution in [0.5, 0.6) is 0 Å². The van der Waals surface area contributed by atoms with Crippen LogP contribution >= 0.6 is 0 Å².